The van der Waals surface area contributed by atoms with Gasteiger partial charge in [0, 0.05) is 26.3 Å². The van der Waals surface area contributed by atoms with Crippen LogP contribution in [-0.4, -0.2) is 46.6 Å². The first-order valence-electron chi connectivity index (χ1n) is 14.2. The quantitative estimate of drug-likeness (QED) is 0.198. The van der Waals surface area contributed by atoms with Crippen molar-refractivity contribution < 1.29 is 20.1 Å². The maximum atomic E-state index is 5.02. The van der Waals surface area contributed by atoms with Crippen molar-refractivity contribution in [1.29, 1.82) is 0 Å². The number of para-hydroxylation sites is 1. The molecule has 211 valence electrons. The van der Waals surface area contributed by atoms with Gasteiger partial charge < -0.3 is 4.98 Å². The number of benzene rings is 5. The number of aromatic nitrogens is 2. The summed E-state index contributed by atoms with van der Waals surface area (Å²) < 4.78 is 6.04. The molecule has 44 heavy (non-hydrogen) atoms. The first-order chi connectivity index (χ1) is 21.3. The van der Waals surface area contributed by atoms with E-state index in [1.807, 2.05) is 42.5 Å². The Bertz CT molecular complexity index is 2070. The second-order valence-electron chi connectivity index (χ2n) is 10.4. The number of hydrogen-bond acceptors (Lipinski definition) is 2. The molecule has 6 heteroatoms. The van der Waals surface area contributed by atoms with Gasteiger partial charge in [0.2, 0.25) is 0 Å². The van der Waals surface area contributed by atoms with Gasteiger partial charge in [-0.15, -0.1) is 35.9 Å². The molecule has 9 rings (SSSR count). The molecule has 7 aromatic rings. The van der Waals surface area contributed by atoms with E-state index in [-0.39, 0.29) is 35.1 Å². The topological polar surface area (TPSA) is 25.8 Å². The van der Waals surface area contributed by atoms with E-state index in [2.05, 4.69) is 108 Å². The zero-order valence-corrected chi connectivity index (χ0v) is 29.2. The van der Waals surface area contributed by atoms with E-state index in [4.69, 9.17) is 4.98 Å². The van der Waals surface area contributed by atoms with Gasteiger partial charge in [-0.3, -0.25) is 0 Å². The Morgan fingerprint density at radius 1 is 0.568 bits per heavy atom. The third-order valence-corrected chi connectivity index (χ3v) is 12.8. The summed E-state index contributed by atoms with van der Waals surface area (Å²) in [5.41, 5.74) is 9.78. The minimum atomic E-state index is 0. The molecule has 0 atom stereocenters. The van der Waals surface area contributed by atoms with Gasteiger partial charge in [0.05, 0.1) is 0 Å². The van der Waals surface area contributed by atoms with Crippen molar-refractivity contribution in [3.63, 3.8) is 0 Å². The van der Waals surface area contributed by atoms with Crippen LogP contribution in [0.1, 0.15) is 0 Å². The van der Waals surface area contributed by atoms with Crippen LogP contribution in [0.2, 0.25) is 0 Å². The van der Waals surface area contributed by atoms with Crippen molar-refractivity contribution in [3.05, 3.63) is 152 Å². The smallest absolute Gasteiger partial charge is 0.0160 e. The summed E-state index contributed by atoms with van der Waals surface area (Å²) in [7, 11) is 0. The fourth-order valence-corrected chi connectivity index (χ4v) is 11.3. The van der Waals surface area contributed by atoms with E-state index in [0.29, 0.717) is 21.7 Å². The number of hydrogen-bond donors (Lipinski definition) is 0. The summed E-state index contributed by atoms with van der Waals surface area (Å²) in [6, 6.07) is 53.5. The molecule has 0 spiro atoms. The SMILES string of the molecule is [Ir].[c-]1ccc2c(c1-c1ccc3ccccc3n1)[Se]c1cccc3c1B2c1ccccc1[Se]3.[c-]1ccccc1-c1ccccn1. The summed E-state index contributed by atoms with van der Waals surface area (Å²) in [5, 5.41) is 1.18. The maximum absolute atomic E-state index is 5.02. The van der Waals surface area contributed by atoms with Gasteiger partial charge in [0.15, 0.2) is 0 Å². The zero-order chi connectivity index (χ0) is 28.6. The van der Waals surface area contributed by atoms with Crippen molar-refractivity contribution >= 4 is 81.8 Å². The molecular formula is C38H23BIrN2Se2-2. The molecule has 0 bridgehead atoms. The zero-order valence-electron chi connectivity index (χ0n) is 23.4. The summed E-state index contributed by atoms with van der Waals surface area (Å²) in [6.07, 6.45) is 1.79. The minimum Gasteiger partial charge on any atom is -0.305 e. The summed E-state index contributed by atoms with van der Waals surface area (Å²) >= 11 is 0.635. The van der Waals surface area contributed by atoms with Crippen LogP contribution in [-0.2, 0) is 20.1 Å². The average molecular weight is 869 g/mol. The molecule has 0 fully saturated rings. The number of fused-ring (bicyclic) bond motifs is 5. The molecule has 5 aromatic carbocycles. The van der Waals surface area contributed by atoms with Gasteiger partial charge in [-0.2, -0.15) is 0 Å². The van der Waals surface area contributed by atoms with Gasteiger partial charge in [-0.25, -0.2) is 0 Å². The molecule has 0 N–H and O–H groups in total. The summed E-state index contributed by atoms with van der Waals surface area (Å²) in [5.74, 6) is 0. The van der Waals surface area contributed by atoms with E-state index < -0.39 is 0 Å². The summed E-state index contributed by atoms with van der Waals surface area (Å²) in [4.78, 5) is 9.24. The molecule has 1 radical (unpaired) electrons. The monoisotopic (exact) mass is 871 g/mol. The fourth-order valence-electron chi connectivity index (χ4n) is 5.81. The first-order valence-corrected chi connectivity index (χ1v) is 17.6. The van der Waals surface area contributed by atoms with Crippen LogP contribution >= 0.6 is 0 Å². The first kappa shape index (κ1) is 29.1. The molecule has 2 nitrogen and oxygen atoms in total. The van der Waals surface area contributed by atoms with Crippen LogP contribution in [0.3, 0.4) is 0 Å². The molecule has 0 amide bonds. The predicted octanol–water partition coefficient (Wildman–Crippen LogP) is 2.70. The number of rotatable bonds is 2. The Morgan fingerprint density at radius 2 is 1.36 bits per heavy atom. The standard InChI is InChI=1S/C27H15BNSe2.C11H8N.Ir/c1-3-11-21-17(7-1)15-16-22(29-21)18-8-5-10-20-27(18)31-25-14-6-13-24-26(25)28(20)19-9-2-4-12-23(19)30-24;1-2-6-10(7-3-1)11-8-4-5-9-12-11;/h1-7,9-16H;1-6,8-9H;/q2*-1;. The van der Waals surface area contributed by atoms with Crippen LogP contribution in [0.15, 0.2) is 140 Å². The third kappa shape index (κ3) is 5.44. The third-order valence-electron chi connectivity index (χ3n) is 7.77. The molecule has 2 aromatic heterocycles. The molecular weight excluding hydrogens is 845 g/mol. The molecule has 2 aliphatic heterocycles. The van der Waals surface area contributed by atoms with Crippen LogP contribution in [0.25, 0.3) is 33.4 Å². The van der Waals surface area contributed by atoms with Gasteiger partial charge >= 0.3 is 195 Å². The van der Waals surface area contributed by atoms with Gasteiger partial charge in [0.25, 0.3) is 0 Å². The van der Waals surface area contributed by atoms with E-state index in [9.17, 15) is 0 Å². The second-order valence-corrected chi connectivity index (χ2v) is 14.8. The average Bonchev–Trinajstić information content (AvgIpc) is 3.09. The Kier molecular flexibility index (Phi) is 8.48. The van der Waals surface area contributed by atoms with Crippen LogP contribution in [0.5, 0.6) is 0 Å². The Hall–Kier alpha value is -3.59. The molecule has 0 unspecified atom stereocenters. The summed E-state index contributed by atoms with van der Waals surface area (Å²) in [6.45, 7) is 0.331. The van der Waals surface area contributed by atoms with Crippen molar-refractivity contribution in [2.75, 3.05) is 0 Å². The Morgan fingerprint density at radius 3 is 2.23 bits per heavy atom. The van der Waals surface area contributed by atoms with Gasteiger partial charge in [0.1, 0.15) is 0 Å². The van der Waals surface area contributed by atoms with Crippen molar-refractivity contribution in [2.45, 2.75) is 0 Å². The van der Waals surface area contributed by atoms with Gasteiger partial charge in [-0.1, -0.05) is 12.1 Å². The maximum Gasteiger partial charge on any atom is 0.0160 e. The number of pyridine rings is 2. The van der Waals surface area contributed by atoms with E-state index in [0.717, 1.165) is 22.5 Å². The van der Waals surface area contributed by atoms with Crippen LogP contribution < -0.4 is 34.2 Å². The fraction of sp³-hybridized carbons (Fsp3) is 0. The second kappa shape index (κ2) is 12.8. The van der Waals surface area contributed by atoms with Crippen molar-refractivity contribution in [1.82, 2.24) is 9.97 Å². The van der Waals surface area contributed by atoms with Crippen LogP contribution in [0.4, 0.5) is 0 Å². The Labute approximate surface area is 284 Å². The predicted molar refractivity (Wildman–Crippen MR) is 182 cm³/mol. The van der Waals surface area contributed by atoms with Crippen LogP contribution in [0, 0.1) is 12.1 Å². The van der Waals surface area contributed by atoms with Crippen molar-refractivity contribution in [2.24, 2.45) is 0 Å². The Balaban J connectivity index is 0.000000203. The molecule has 2 aliphatic rings. The molecule has 0 saturated carbocycles. The van der Waals surface area contributed by atoms with Crippen molar-refractivity contribution in [3.8, 4) is 22.5 Å². The van der Waals surface area contributed by atoms with E-state index in [1.54, 1.807) is 16.1 Å². The normalized spacial score (nSPS) is 12.1. The molecule has 4 heterocycles. The molecule has 0 saturated heterocycles. The largest absolute Gasteiger partial charge is 0.305 e. The number of nitrogens with zero attached hydrogens (tertiary/aromatic N) is 2. The van der Waals surface area contributed by atoms with E-state index in [1.165, 1.54) is 35.3 Å². The minimum absolute atomic E-state index is 0. The molecule has 0 aliphatic carbocycles. The van der Waals surface area contributed by atoms with Gasteiger partial charge in [-0.05, 0) is 11.8 Å². The van der Waals surface area contributed by atoms with E-state index >= 15 is 0 Å².